The van der Waals surface area contributed by atoms with Crippen molar-refractivity contribution in [3.8, 4) is 11.4 Å². The molecule has 1 aliphatic rings. The molecule has 2 aromatic heterocycles. The smallest absolute Gasteiger partial charge is 0.355 e. The van der Waals surface area contributed by atoms with Gasteiger partial charge in [0.25, 0.3) is 10.0 Å². The van der Waals surface area contributed by atoms with Crippen LogP contribution in [0.15, 0.2) is 47.5 Å². The van der Waals surface area contributed by atoms with Crippen LogP contribution in [0.2, 0.25) is 0 Å². The molecule has 0 radical (unpaired) electrons. The van der Waals surface area contributed by atoms with Crippen LogP contribution < -0.4 is 5.32 Å². The van der Waals surface area contributed by atoms with E-state index in [1.54, 1.807) is 31.3 Å². The molecule has 33 heavy (non-hydrogen) atoms. The quantitative estimate of drug-likeness (QED) is 0.547. The van der Waals surface area contributed by atoms with Gasteiger partial charge in [-0.3, -0.25) is 0 Å². The predicted octanol–water partition coefficient (Wildman–Crippen LogP) is 3.18. The van der Waals surface area contributed by atoms with E-state index in [9.17, 15) is 13.2 Å². The van der Waals surface area contributed by atoms with Gasteiger partial charge < -0.3 is 14.8 Å². The molecule has 9 nitrogen and oxygen atoms in total. The lowest BCUT2D eigenvalue weighted by molar-refractivity contribution is 0.0593. The van der Waals surface area contributed by atoms with Crippen LogP contribution in [0.1, 0.15) is 34.5 Å². The maximum atomic E-state index is 13.6. The zero-order chi connectivity index (χ0) is 23.6. The number of ether oxygens (including phenoxy) is 2. The van der Waals surface area contributed by atoms with Gasteiger partial charge in [0.05, 0.1) is 23.4 Å². The van der Waals surface area contributed by atoms with Crippen molar-refractivity contribution < 1.29 is 22.7 Å². The minimum absolute atomic E-state index is 0.0583. The van der Waals surface area contributed by atoms with Gasteiger partial charge in [0.15, 0.2) is 0 Å². The highest BCUT2D eigenvalue weighted by atomic mass is 32.2. The zero-order valence-corrected chi connectivity index (χ0v) is 19.6. The standard InChI is InChI=1S/C23H26N4O5S/c1-15-4-6-18(7-5-15)33(29,30)27-19(8-9-20(27)22(28)31-3)21-16(2)14-24-23(26-21)25-17-10-12-32-13-11-17/h4-9,14,17H,10-13H2,1-3H3,(H,24,25,26). The van der Waals surface area contributed by atoms with Crippen LogP contribution in [0.5, 0.6) is 0 Å². The predicted molar refractivity (Wildman–Crippen MR) is 123 cm³/mol. The number of rotatable bonds is 6. The average Bonchev–Trinajstić information content (AvgIpc) is 3.27. The molecule has 1 aliphatic heterocycles. The lowest BCUT2D eigenvalue weighted by Gasteiger charge is -2.23. The summed E-state index contributed by atoms with van der Waals surface area (Å²) in [6.07, 6.45) is 3.30. The molecular weight excluding hydrogens is 444 g/mol. The third-order valence-corrected chi connectivity index (χ3v) is 7.30. The molecule has 0 unspecified atom stereocenters. The highest BCUT2D eigenvalue weighted by Crippen LogP contribution is 2.30. The fourth-order valence-electron chi connectivity index (χ4n) is 3.72. The van der Waals surface area contributed by atoms with Gasteiger partial charge in [0.2, 0.25) is 5.95 Å². The second-order valence-electron chi connectivity index (χ2n) is 7.93. The van der Waals surface area contributed by atoms with E-state index in [0.29, 0.717) is 30.4 Å². The largest absolute Gasteiger partial charge is 0.464 e. The summed E-state index contributed by atoms with van der Waals surface area (Å²) in [5, 5.41) is 3.30. The van der Waals surface area contributed by atoms with E-state index in [0.717, 1.165) is 22.4 Å². The van der Waals surface area contributed by atoms with Crippen LogP contribution in [0.3, 0.4) is 0 Å². The van der Waals surface area contributed by atoms with Crippen LogP contribution in [-0.2, 0) is 19.5 Å². The van der Waals surface area contributed by atoms with Crippen molar-refractivity contribution in [2.24, 2.45) is 0 Å². The molecule has 3 aromatic rings. The molecule has 1 fully saturated rings. The van der Waals surface area contributed by atoms with E-state index >= 15 is 0 Å². The fraction of sp³-hybridized carbons (Fsp3) is 0.348. The Hall–Kier alpha value is -3.24. The number of methoxy groups -OCH3 is 1. The van der Waals surface area contributed by atoms with E-state index in [-0.39, 0.29) is 22.3 Å². The Bertz CT molecular complexity index is 1260. The number of aryl methyl sites for hydroxylation is 2. The Labute approximate surface area is 192 Å². The molecule has 3 heterocycles. The third kappa shape index (κ3) is 4.62. The first-order chi connectivity index (χ1) is 15.8. The molecule has 174 valence electrons. The molecular formula is C23H26N4O5S. The number of anilines is 1. The first kappa shape index (κ1) is 22.9. The first-order valence-corrected chi connectivity index (χ1v) is 12.1. The van der Waals surface area contributed by atoms with Gasteiger partial charge in [-0.1, -0.05) is 17.7 Å². The summed E-state index contributed by atoms with van der Waals surface area (Å²) in [6.45, 7) is 4.99. The molecule has 1 saturated heterocycles. The SMILES string of the molecule is COC(=O)c1ccc(-c2nc(NC3CCOCC3)ncc2C)n1S(=O)(=O)c1ccc(C)cc1. The van der Waals surface area contributed by atoms with Gasteiger partial charge in [-0.15, -0.1) is 0 Å². The Morgan fingerprint density at radius 2 is 1.82 bits per heavy atom. The molecule has 0 aliphatic carbocycles. The van der Waals surface area contributed by atoms with E-state index < -0.39 is 16.0 Å². The molecule has 0 bridgehead atoms. The molecule has 0 spiro atoms. The Kier molecular flexibility index (Phi) is 6.48. The number of benzene rings is 1. The van der Waals surface area contributed by atoms with Crippen molar-refractivity contribution in [3.05, 3.63) is 59.4 Å². The number of nitrogens with zero attached hydrogens (tertiary/aromatic N) is 3. The average molecular weight is 471 g/mol. The summed E-state index contributed by atoms with van der Waals surface area (Å²) in [5.41, 5.74) is 2.15. The van der Waals surface area contributed by atoms with Gasteiger partial charge in [-0.25, -0.2) is 27.2 Å². The highest BCUT2D eigenvalue weighted by Gasteiger charge is 2.29. The Morgan fingerprint density at radius 3 is 2.48 bits per heavy atom. The summed E-state index contributed by atoms with van der Waals surface area (Å²) in [7, 11) is -2.90. The first-order valence-electron chi connectivity index (χ1n) is 10.6. The second kappa shape index (κ2) is 9.32. The monoisotopic (exact) mass is 470 g/mol. The molecule has 0 atom stereocenters. The lowest BCUT2D eigenvalue weighted by Crippen LogP contribution is -2.28. The topological polar surface area (TPSA) is 112 Å². The number of carbonyl (C=O) groups excluding carboxylic acids is 1. The van der Waals surface area contributed by atoms with E-state index in [1.807, 2.05) is 6.92 Å². The van der Waals surface area contributed by atoms with Crippen molar-refractivity contribution in [2.45, 2.75) is 37.6 Å². The van der Waals surface area contributed by atoms with Crippen molar-refractivity contribution in [1.29, 1.82) is 0 Å². The van der Waals surface area contributed by atoms with Crippen LogP contribution >= 0.6 is 0 Å². The van der Waals surface area contributed by atoms with E-state index in [4.69, 9.17) is 9.47 Å². The summed E-state index contributed by atoms with van der Waals surface area (Å²) >= 11 is 0. The number of nitrogens with one attached hydrogen (secondary N) is 1. The number of hydrogen-bond donors (Lipinski definition) is 1. The summed E-state index contributed by atoms with van der Waals surface area (Å²) in [4.78, 5) is 21.5. The molecule has 1 N–H and O–H groups in total. The van der Waals surface area contributed by atoms with Gasteiger partial charge in [0, 0.05) is 25.5 Å². The highest BCUT2D eigenvalue weighted by molar-refractivity contribution is 7.90. The van der Waals surface area contributed by atoms with Crippen molar-refractivity contribution in [1.82, 2.24) is 13.9 Å². The van der Waals surface area contributed by atoms with Gasteiger partial charge in [-0.05, 0) is 56.5 Å². The third-order valence-electron chi connectivity index (χ3n) is 5.56. The number of hydrogen-bond acceptors (Lipinski definition) is 8. The molecule has 0 saturated carbocycles. The lowest BCUT2D eigenvalue weighted by atomic mass is 10.1. The van der Waals surface area contributed by atoms with Crippen LogP contribution in [-0.4, -0.2) is 54.7 Å². The Balaban J connectivity index is 1.83. The second-order valence-corrected chi connectivity index (χ2v) is 9.72. The van der Waals surface area contributed by atoms with E-state index in [2.05, 4.69) is 15.3 Å². The van der Waals surface area contributed by atoms with E-state index in [1.165, 1.54) is 25.3 Å². The summed E-state index contributed by atoms with van der Waals surface area (Å²) in [5.74, 6) is -0.369. The molecule has 10 heteroatoms. The van der Waals surface area contributed by atoms with Crippen LogP contribution in [0, 0.1) is 13.8 Å². The molecule has 1 aromatic carbocycles. The zero-order valence-electron chi connectivity index (χ0n) is 18.7. The van der Waals surface area contributed by atoms with Gasteiger partial charge >= 0.3 is 5.97 Å². The Morgan fingerprint density at radius 1 is 1.12 bits per heavy atom. The van der Waals surface area contributed by atoms with Crippen molar-refractivity contribution in [3.63, 3.8) is 0 Å². The fourth-order valence-corrected chi connectivity index (χ4v) is 5.22. The number of esters is 1. The van der Waals surface area contributed by atoms with Gasteiger partial charge in [-0.2, -0.15) is 0 Å². The summed E-state index contributed by atoms with van der Waals surface area (Å²) in [6, 6.07) is 9.61. The number of aromatic nitrogens is 3. The van der Waals surface area contributed by atoms with Gasteiger partial charge in [0.1, 0.15) is 5.69 Å². The minimum atomic E-state index is -4.12. The minimum Gasteiger partial charge on any atom is -0.464 e. The maximum Gasteiger partial charge on any atom is 0.355 e. The normalized spacial score (nSPS) is 14.8. The number of carbonyl (C=O) groups is 1. The van der Waals surface area contributed by atoms with Crippen molar-refractivity contribution in [2.75, 3.05) is 25.6 Å². The van der Waals surface area contributed by atoms with Crippen molar-refractivity contribution >= 4 is 21.9 Å². The van der Waals surface area contributed by atoms with Crippen LogP contribution in [0.4, 0.5) is 5.95 Å². The molecule has 0 amide bonds. The van der Waals surface area contributed by atoms with Crippen LogP contribution in [0.25, 0.3) is 11.4 Å². The maximum absolute atomic E-state index is 13.6. The summed E-state index contributed by atoms with van der Waals surface area (Å²) < 4.78 is 38.5. The molecule has 4 rings (SSSR count).